The summed E-state index contributed by atoms with van der Waals surface area (Å²) in [7, 11) is 1.63. The molecule has 1 amide bonds. The number of nitrogens with one attached hydrogen (secondary N) is 1. The van der Waals surface area contributed by atoms with Gasteiger partial charge in [-0.15, -0.1) is 34.4 Å². The van der Waals surface area contributed by atoms with E-state index in [0.717, 1.165) is 44.3 Å². The summed E-state index contributed by atoms with van der Waals surface area (Å²) in [4.78, 5) is 23.1. The van der Waals surface area contributed by atoms with Crippen molar-refractivity contribution < 1.29 is 9.53 Å². The normalized spacial score (nSPS) is 10.7. The number of ether oxygens (including phenoxy) is 1. The molecule has 9 heteroatoms. The molecule has 0 unspecified atom stereocenters. The first-order chi connectivity index (χ1) is 19.0. The molecule has 0 aliphatic rings. The van der Waals surface area contributed by atoms with E-state index in [0.29, 0.717) is 21.5 Å². The van der Waals surface area contributed by atoms with E-state index in [9.17, 15) is 10.1 Å². The third-order valence-corrected chi connectivity index (χ3v) is 8.57. The molecule has 0 spiro atoms. The van der Waals surface area contributed by atoms with Crippen molar-refractivity contribution in [3.63, 3.8) is 0 Å². The number of pyridine rings is 1. The van der Waals surface area contributed by atoms with Crippen molar-refractivity contribution >= 4 is 45.5 Å². The van der Waals surface area contributed by atoms with Crippen molar-refractivity contribution in [3.8, 4) is 44.8 Å². The molecule has 0 saturated heterocycles. The highest BCUT2D eigenvalue weighted by molar-refractivity contribution is 7.99. The summed E-state index contributed by atoms with van der Waals surface area (Å²) in [5.74, 6) is 1.10. The van der Waals surface area contributed by atoms with Gasteiger partial charge in [0, 0.05) is 28.7 Å². The first kappa shape index (κ1) is 26.6. The zero-order valence-electron chi connectivity index (χ0n) is 21.3. The van der Waals surface area contributed by atoms with Gasteiger partial charge >= 0.3 is 0 Å². The van der Waals surface area contributed by atoms with Crippen molar-refractivity contribution in [2.75, 3.05) is 18.2 Å². The van der Waals surface area contributed by atoms with Crippen molar-refractivity contribution in [1.29, 1.82) is 5.26 Å². The lowest BCUT2D eigenvalue weighted by Gasteiger charge is -2.13. The Bertz CT molecular complexity index is 1620. The fourth-order valence-corrected chi connectivity index (χ4v) is 6.33. The van der Waals surface area contributed by atoms with Crippen LogP contribution in [0.3, 0.4) is 0 Å². The van der Waals surface area contributed by atoms with Crippen LogP contribution in [-0.2, 0) is 4.79 Å². The number of amides is 1. The Balaban J connectivity index is 1.36. The molecule has 3 heterocycles. The molecule has 0 bridgehead atoms. The number of benzene rings is 2. The Morgan fingerprint density at radius 3 is 2.49 bits per heavy atom. The summed E-state index contributed by atoms with van der Waals surface area (Å²) in [6.07, 6.45) is 0.262. The standard InChI is InChI=1S/C30H24N4O2S3/c1-19-5-7-20(8-6-19)23-16-25(21-9-11-22(36-2)12-10-21)32-29(24(23)17-31)38-15-13-28(35)34-30-33-26(18-39-30)27-4-3-14-37-27/h3-12,14,16,18H,13,15H2,1-2H3,(H,33,34,35). The largest absolute Gasteiger partial charge is 0.497 e. The van der Waals surface area contributed by atoms with Crippen molar-refractivity contribution in [1.82, 2.24) is 9.97 Å². The monoisotopic (exact) mass is 568 g/mol. The van der Waals surface area contributed by atoms with E-state index in [1.54, 1.807) is 18.4 Å². The minimum absolute atomic E-state index is 0.127. The van der Waals surface area contributed by atoms with E-state index >= 15 is 0 Å². The average molecular weight is 569 g/mol. The summed E-state index contributed by atoms with van der Waals surface area (Å²) >= 11 is 4.43. The third kappa shape index (κ3) is 6.37. The molecule has 6 nitrogen and oxygen atoms in total. The number of thiazole rings is 1. The van der Waals surface area contributed by atoms with E-state index in [1.165, 1.54) is 23.1 Å². The number of aromatic nitrogens is 2. The number of carbonyl (C=O) groups is 1. The molecule has 0 aliphatic heterocycles. The molecule has 0 saturated carbocycles. The van der Waals surface area contributed by atoms with Crippen molar-refractivity contribution in [2.45, 2.75) is 18.4 Å². The minimum atomic E-state index is -0.127. The van der Waals surface area contributed by atoms with Crippen LogP contribution >= 0.6 is 34.4 Å². The van der Waals surface area contributed by atoms with Gasteiger partial charge in [-0.3, -0.25) is 4.79 Å². The van der Waals surface area contributed by atoms with Gasteiger partial charge in [0.15, 0.2) is 5.13 Å². The maximum Gasteiger partial charge on any atom is 0.226 e. The van der Waals surface area contributed by atoms with Crippen LogP contribution in [0.4, 0.5) is 5.13 Å². The van der Waals surface area contributed by atoms with Crippen LogP contribution in [0.25, 0.3) is 33.0 Å². The quantitative estimate of drug-likeness (QED) is 0.182. The summed E-state index contributed by atoms with van der Waals surface area (Å²) in [6, 6.07) is 24.1. The number of methoxy groups -OCH3 is 1. The highest BCUT2D eigenvalue weighted by Crippen LogP contribution is 2.35. The fourth-order valence-electron chi connectivity index (χ4n) is 3.90. The van der Waals surface area contributed by atoms with E-state index in [2.05, 4.69) is 16.4 Å². The molecule has 2 aromatic carbocycles. The molecular weight excluding hydrogens is 545 g/mol. The van der Waals surface area contributed by atoms with Crippen molar-refractivity contribution in [2.24, 2.45) is 0 Å². The number of hydrogen-bond donors (Lipinski definition) is 1. The van der Waals surface area contributed by atoms with Crippen LogP contribution in [0.5, 0.6) is 5.75 Å². The number of aryl methyl sites for hydroxylation is 1. The van der Waals surface area contributed by atoms with Gasteiger partial charge in [0.05, 0.1) is 28.9 Å². The molecule has 39 heavy (non-hydrogen) atoms. The van der Waals surface area contributed by atoms with Crippen LogP contribution in [0, 0.1) is 18.3 Å². The Morgan fingerprint density at radius 1 is 1.03 bits per heavy atom. The predicted octanol–water partition coefficient (Wildman–Crippen LogP) is 7.91. The lowest BCUT2D eigenvalue weighted by atomic mass is 9.98. The van der Waals surface area contributed by atoms with E-state index in [4.69, 9.17) is 9.72 Å². The average Bonchev–Trinajstić information content (AvgIpc) is 3.66. The Kier molecular flexibility index (Phi) is 8.37. The number of thioether (sulfide) groups is 1. The van der Waals surface area contributed by atoms with Crippen LogP contribution < -0.4 is 10.1 Å². The number of hydrogen-bond acceptors (Lipinski definition) is 8. The Morgan fingerprint density at radius 2 is 1.79 bits per heavy atom. The van der Waals surface area contributed by atoms with E-state index < -0.39 is 0 Å². The van der Waals surface area contributed by atoms with E-state index in [-0.39, 0.29) is 12.3 Å². The highest BCUT2D eigenvalue weighted by atomic mass is 32.2. The molecule has 3 aromatic heterocycles. The lowest BCUT2D eigenvalue weighted by Crippen LogP contribution is -2.12. The second-order valence-corrected chi connectivity index (χ2v) is 11.5. The molecule has 0 fully saturated rings. The Labute approximate surface area is 239 Å². The molecular formula is C30H24N4O2S3. The molecule has 0 aliphatic carbocycles. The molecule has 5 aromatic rings. The molecule has 194 valence electrons. The smallest absolute Gasteiger partial charge is 0.226 e. The summed E-state index contributed by atoms with van der Waals surface area (Å²) in [5.41, 5.74) is 5.93. The summed E-state index contributed by atoms with van der Waals surface area (Å²) in [6.45, 7) is 2.03. The zero-order valence-corrected chi connectivity index (χ0v) is 23.8. The summed E-state index contributed by atoms with van der Waals surface area (Å²) in [5, 5.41) is 18.1. The number of anilines is 1. The number of nitriles is 1. The van der Waals surface area contributed by atoms with Gasteiger partial charge in [-0.1, -0.05) is 35.9 Å². The topological polar surface area (TPSA) is 87.9 Å². The van der Waals surface area contributed by atoms with Crippen molar-refractivity contribution in [3.05, 3.63) is 88.6 Å². The molecule has 5 rings (SSSR count). The SMILES string of the molecule is COc1ccc(-c2cc(-c3ccc(C)cc3)c(C#N)c(SCCC(=O)Nc3nc(-c4cccs4)cs3)n2)cc1. The zero-order chi connectivity index (χ0) is 27.2. The van der Waals surface area contributed by atoms with Gasteiger partial charge in [-0.05, 0) is 54.3 Å². The number of rotatable bonds is 9. The van der Waals surface area contributed by atoms with Gasteiger partial charge < -0.3 is 10.1 Å². The van der Waals surface area contributed by atoms with Crippen LogP contribution in [0.2, 0.25) is 0 Å². The summed E-state index contributed by atoms with van der Waals surface area (Å²) < 4.78 is 5.30. The molecule has 0 atom stereocenters. The number of nitrogens with zero attached hydrogens (tertiary/aromatic N) is 3. The van der Waals surface area contributed by atoms with Gasteiger partial charge in [0.1, 0.15) is 16.8 Å². The highest BCUT2D eigenvalue weighted by Gasteiger charge is 2.17. The van der Waals surface area contributed by atoms with Crippen LogP contribution in [-0.4, -0.2) is 28.7 Å². The first-order valence-corrected chi connectivity index (χ1v) is 14.9. The van der Waals surface area contributed by atoms with Gasteiger partial charge in [0.2, 0.25) is 5.91 Å². The third-order valence-electron chi connectivity index (χ3n) is 5.94. The maximum atomic E-state index is 12.7. The minimum Gasteiger partial charge on any atom is -0.497 e. The second kappa shape index (κ2) is 12.3. The maximum absolute atomic E-state index is 12.7. The van der Waals surface area contributed by atoms with E-state index in [1.807, 2.05) is 84.4 Å². The van der Waals surface area contributed by atoms with Gasteiger partial charge in [-0.25, -0.2) is 9.97 Å². The van der Waals surface area contributed by atoms with Crippen LogP contribution in [0.1, 0.15) is 17.5 Å². The fraction of sp³-hybridized carbons (Fsp3) is 0.133. The predicted molar refractivity (Wildman–Crippen MR) is 161 cm³/mol. The number of carbonyl (C=O) groups excluding carboxylic acids is 1. The second-order valence-electron chi connectivity index (χ2n) is 8.60. The first-order valence-electron chi connectivity index (χ1n) is 12.1. The molecule has 1 N–H and O–H groups in total. The van der Waals surface area contributed by atoms with Gasteiger partial charge in [0.25, 0.3) is 0 Å². The number of thiophene rings is 1. The lowest BCUT2D eigenvalue weighted by molar-refractivity contribution is -0.115. The van der Waals surface area contributed by atoms with Gasteiger partial charge in [-0.2, -0.15) is 5.26 Å². The van der Waals surface area contributed by atoms with Crippen LogP contribution in [0.15, 0.2) is 82.5 Å². The molecule has 0 radical (unpaired) electrons. The Hall–Kier alpha value is -3.97.